The van der Waals surface area contributed by atoms with Gasteiger partial charge in [-0.1, -0.05) is 29.6 Å². The molecule has 1 aromatic heterocycles. The smallest absolute Gasteiger partial charge is 0.173 e. The zero-order valence-electron chi connectivity index (χ0n) is 14.2. The third kappa shape index (κ3) is 1.74. The van der Waals surface area contributed by atoms with Crippen LogP contribution in [0.4, 0.5) is 10.2 Å². The molecule has 0 spiro atoms. The van der Waals surface area contributed by atoms with E-state index < -0.39 is 0 Å². The van der Waals surface area contributed by atoms with Crippen LogP contribution >= 0.6 is 0 Å². The molecule has 26 heavy (non-hydrogen) atoms. The lowest BCUT2D eigenvalue weighted by Crippen LogP contribution is -2.51. The van der Waals surface area contributed by atoms with Crippen LogP contribution in [0.1, 0.15) is 37.2 Å². The van der Waals surface area contributed by atoms with Crippen molar-refractivity contribution in [3.8, 4) is 0 Å². The van der Waals surface area contributed by atoms with Gasteiger partial charge in [-0.05, 0) is 24.1 Å². The normalized spacial score (nSPS) is 24.5. The van der Waals surface area contributed by atoms with Crippen LogP contribution in [0.2, 0.25) is 0 Å². The van der Waals surface area contributed by atoms with Gasteiger partial charge in [0.25, 0.3) is 0 Å². The molecule has 132 valence electrons. The second-order valence-corrected chi connectivity index (χ2v) is 7.40. The van der Waals surface area contributed by atoms with Gasteiger partial charge in [-0.3, -0.25) is 0 Å². The lowest BCUT2D eigenvalue weighted by molar-refractivity contribution is 0.104. The van der Waals surface area contributed by atoms with Crippen molar-refractivity contribution in [1.29, 1.82) is 0 Å². The Balaban J connectivity index is 1.44. The molecule has 6 rings (SSSR count). The minimum atomic E-state index is -0.246. The standard InChI is InChI=1S/C17H17FN8/c1-17(6-7-17)14-8-24(21-20-14)25-10-19-16-12-4-2-3-5-13(12)23-11-22(18)9-15(23)26(16)25/h2-5,8-10,16H,6-7,11H2,1H3. The highest BCUT2D eigenvalue weighted by atomic mass is 19.2. The van der Waals surface area contributed by atoms with E-state index in [0.717, 1.165) is 35.6 Å². The Kier molecular flexibility index (Phi) is 2.46. The number of hydrogen-bond acceptors (Lipinski definition) is 7. The highest BCUT2D eigenvalue weighted by Gasteiger charge is 2.46. The summed E-state index contributed by atoms with van der Waals surface area (Å²) in [5.41, 5.74) is 3.13. The van der Waals surface area contributed by atoms with Crippen molar-refractivity contribution in [2.75, 3.05) is 16.7 Å². The summed E-state index contributed by atoms with van der Waals surface area (Å²) in [6, 6.07) is 7.97. The number of halogens is 1. The Labute approximate surface area is 149 Å². The maximum Gasteiger partial charge on any atom is 0.173 e. The van der Waals surface area contributed by atoms with Gasteiger partial charge >= 0.3 is 0 Å². The molecule has 1 saturated carbocycles. The predicted octanol–water partition coefficient (Wildman–Crippen LogP) is 2.00. The second-order valence-electron chi connectivity index (χ2n) is 7.40. The molecular weight excluding hydrogens is 335 g/mol. The molecule has 8 nitrogen and oxygen atoms in total. The van der Waals surface area contributed by atoms with Crippen molar-refractivity contribution < 1.29 is 4.48 Å². The van der Waals surface area contributed by atoms with E-state index in [1.54, 1.807) is 16.2 Å². The Morgan fingerprint density at radius 2 is 2.08 bits per heavy atom. The third-order valence-corrected chi connectivity index (χ3v) is 5.62. The van der Waals surface area contributed by atoms with Crippen molar-refractivity contribution in [2.24, 2.45) is 4.99 Å². The summed E-state index contributed by atoms with van der Waals surface area (Å²) in [6.45, 7) is 2.35. The molecule has 1 aliphatic carbocycles. The van der Waals surface area contributed by atoms with Crippen molar-refractivity contribution in [3.05, 3.63) is 53.7 Å². The summed E-state index contributed by atoms with van der Waals surface area (Å²) in [5, 5.41) is 13.0. The molecule has 0 bridgehead atoms. The molecule has 1 fully saturated rings. The van der Waals surface area contributed by atoms with E-state index in [0.29, 0.717) is 5.12 Å². The highest BCUT2D eigenvalue weighted by Crippen LogP contribution is 2.47. The van der Waals surface area contributed by atoms with Crippen molar-refractivity contribution in [2.45, 2.75) is 31.3 Å². The monoisotopic (exact) mass is 352 g/mol. The summed E-state index contributed by atoms with van der Waals surface area (Å²) in [4.78, 5) is 8.27. The van der Waals surface area contributed by atoms with Gasteiger partial charge in [0, 0.05) is 11.0 Å². The first-order chi connectivity index (χ1) is 12.6. The maximum absolute atomic E-state index is 14.1. The van der Waals surface area contributed by atoms with E-state index in [9.17, 15) is 4.48 Å². The van der Waals surface area contributed by atoms with Crippen LogP contribution in [0.15, 0.2) is 47.5 Å². The molecule has 0 N–H and O–H groups in total. The second kappa shape index (κ2) is 4.54. The number of aromatic nitrogens is 3. The summed E-state index contributed by atoms with van der Waals surface area (Å²) in [5.74, 6) is 0.725. The molecule has 1 atom stereocenters. The van der Waals surface area contributed by atoms with Crippen LogP contribution in [-0.4, -0.2) is 38.2 Å². The zero-order chi connectivity index (χ0) is 17.5. The van der Waals surface area contributed by atoms with E-state index in [1.807, 2.05) is 40.4 Å². The van der Waals surface area contributed by atoms with E-state index in [2.05, 4.69) is 22.2 Å². The minimum absolute atomic E-state index is 0.136. The first-order valence-electron chi connectivity index (χ1n) is 8.70. The average molecular weight is 352 g/mol. The Morgan fingerprint density at radius 3 is 2.92 bits per heavy atom. The van der Waals surface area contributed by atoms with Gasteiger partial charge < -0.3 is 4.90 Å². The molecule has 0 amide bonds. The first-order valence-corrected chi connectivity index (χ1v) is 8.70. The maximum atomic E-state index is 14.1. The summed E-state index contributed by atoms with van der Waals surface area (Å²) < 4.78 is 14.1. The summed E-state index contributed by atoms with van der Waals surface area (Å²) >= 11 is 0. The zero-order valence-corrected chi connectivity index (χ0v) is 14.2. The summed E-state index contributed by atoms with van der Waals surface area (Å²) in [7, 11) is 0. The SMILES string of the molecule is CC1(c2cn(N3C=NC4c5ccccc5N5CN(F)C=C5N43)nn2)CC1. The number of anilines is 1. The van der Waals surface area contributed by atoms with Crippen molar-refractivity contribution in [1.82, 2.24) is 25.2 Å². The molecule has 3 aliphatic heterocycles. The average Bonchev–Trinajstić information content (AvgIpc) is 3.05. The number of rotatable bonds is 2. The molecule has 0 radical (unpaired) electrons. The van der Waals surface area contributed by atoms with Crippen LogP contribution in [0.25, 0.3) is 0 Å². The quantitative estimate of drug-likeness (QED) is 0.771. The largest absolute Gasteiger partial charge is 0.304 e. The van der Waals surface area contributed by atoms with Gasteiger partial charge in [-0.25, -0.2) is 10.0 Å². The first kappa shape index (κ1) is 14.1. The van der Waals surface area contributed by atoms with Crippen LogP contribution in [0.3, 0.4) is 0 Å². The Bertz CT molecular complexity index is 961. The lowest BCUT2D eigenvalue weighted by Gasteiger charge is -2.41. The van der Waals surface area contributed by atoms with Gasteiger partial charge in [-0.2, -0.15) is 10.2 Å². The molecule has 1 aromatic carbocycles. The fourth-order valence-electron chi connectivity index (χ4n) is 3.80. The van der Waals surface area contributed by atoms with Crippen molar-refractivity contribution >= 4 is 12.0 Å². The molecule has 4 heterocycles. The number of aliphatic imine (C=N–C) groups is 1. The van der Waals surface area contributed by atoms with E-state index >= 15 is 0 Å². The fraction of sp³-hybridized carbons (Fsp3) is 0.353. The summed E-state index contributed by atoms with van der Waals surface area (Å²) in [6.07, 6.45) is 7.18. The van der Waals surface area contributed by atoms with E-state index in [1.165, 1.54) is 6.20 Å². The van der Waals surface area contributed by atoms with Gasteiger partial charge in [-0.15, -0.1) is 9.89 Å². The van der Waals surface area contributed by atoms with Crippen LogP contribution < -0.4 is 10.0 Å². The topological polar surface area (TPSA) is 56.0 Å². The molecular formula is C17H17FN8. The highest BCUT2D eigenvalue weighted by molar-refractivity contribution is 5.73. The van der Waals surface area contributed by atoms with Crippen molar-refractivity contribution in [3.63, 3.8) is 0 Å². The number of benzene rings is 1. The van der Waals surface area contributed by atoms with Crippen LogP contribution in [0, 0.1) is 0 Å². The Morgan fingerprint density at radius 1 is 1.23 bits per heavy atom. The van der Waals surface area contributed by atoms with Crippen LogP contribution in [-0.2, 0) is 5.41 Å². The number of hydrogen-bond donors (Lipinski definition) is 0. The van der Waals surface area contributed by atoms with Gasteiger partial charge in [0.15, 0.2) is 12.0 Å². The number of fused-ring (bicyclic) bond motifs is 6. The molecule has 2 aromatic rings. The van der Waals surface area contributed by atoms with Gasteiger partial charge in [0.2, 0.25) is 0 Å². The molecule has 0 saturated heterocycles. The lowest BCUT2D eigenvalue weighted by atomic mass is 10.1. The Hall–Kier alpha value is -3.10. The fourth-order valence-corrected chi connectivity index (χ4v) is 3.80. The van der Waals surface area contributed by atoms with Gasteiger partial charge in [0.05, 0.1) is 23.8 Å². The molecule has 9 heteroatoms. The number of nitrogens with zero attached hydrogens (tertiary/aromatic N) is 8. The number of para-hydroxylation sites is 1. The van der Waals surface area contributed by atoms with E-state index in [-0.39, 0.29) is 18.2 Å². The molecule has 4 aliphatic rings. The van der Waals surface area contributed by atoms with E-state index in [4.69, 9.17) is 0 Å². The molecule has 1 unspecified atom stereocenters. The minimum Gasteiger partial charge on any atom is -0.304 e. The van der Waals surface area contributed by atoms with Gasteiger partial charge in [0.1, 0.15) is 13.0 Å². The predicted molar refractivity (Wildman–Crippen MR) is 92.7 cm³/mol. The van der Waals surface area contributed by atoms with Crippen LogP contribution in [0.5, 0.6) is 0 Å². The third-order valence-electron chi connectivity index (χ3n) is 5.62. The number of hydrazine groups is 1.